The number of rotatable bonds is 5. The molecule has 108 valence electrons. The third kappa shape index (κ3) is 4.32. The second-order valence-electron chi connectivity index (χ2n) is 4.69. The van der Waals surface area contributed by atoms with Crippen molar-refractivity contribution >= 4 is 17.5 Å². The topological polar surface area (TPSA) is 84.7 Å². The molecule has 6 heteroatoms. The second-order valence-corrected chi connectivity index (χ2v) is 4.69. The molecule has 0 unspecified atom stereocenters. The van der Waals surface area contributed by atoms with Crippen molar-refractivity contribution in [2.75, 3.05) is 38.2 Å². The van der Waals surface area contributed by atoms with Gasteiger partial charge in [0, 0.05) is 37.3 Å². The average molecular weight is 277 g/mol. The number of carbonyl (C=O) groups excluding carboxylic acids is 2. The Morgan fingerprint density at radius 1 is 1.20 bits per heavy atom. The summed E-state index contributed by atoms with van der Waals surface area (Å²) in [5.74, 6) is -0.515. The van der Waals surface area contributed by atoms with Crippen LogP contribution in [0.2, 0.25) is 0 Å². The lowest BCUT2D eigenvalue weighted by Crippen LogP contribution is -2.38. The Balaban J connectivity index is 1.77. The fraction of sp³-hybridized carbons (Fsp3) is 0.429. The van der Waals surface area contributed by atoms with Gasteiger partial charge in [-0.05, 0) is 24.3 Å². The molecule has 0 atom stereocenters. The lowest BCUT2D eigenvalue weighted by Gasteiger charge is -2.26. The molecule has 2 rings (SSSR count). The van der Waals surface area contributed by atoms with Gasteiger partial charge in [0.2, 0.25) is 11.8 Å². The summed E-state index contributed by atoms with van der Waals surface area (Å²) in [7, 11) is 0. The fourth-order valence-electron chi connectivity index (χ4n) is 2.03. The summed E-state index contributed by atoms with van der Waals surface area (Å²) < 4.78 is 5.25. The Labute approximate surface area is 117 Å². The lowest BCUT2D eigenvalue weighted by molar-refractivity contribution is -0.116. The highest BCUT2D eigenvalue weighted by atomic mass is 16.5. The molecule has 1 aromatic rings. The van der Waals surface area contributed by atoms with E-state index in [0.29, 0.717) is 17.7 Å². The van der Waals surface area contributed by atoms with E-state index in [1.54, 1.807) is 24.3 Å². The first-order valence-electron chi connectivity index (χ1n) is 6.65. The Hall–Kier alpha value is -1.92. The van der Waals surface area contributed by atoms with Gasteiger partial charge in [-0.25, -0.2) is 0 Å². The Morgan fingerprint density at radius 3 is 2.45 bits per heavy atom. The molecule has 3 N–H and O–H groups in total. The molecule has 0 spiro atoms. The van der Waals surface area contributed by atoms with Crippen LogP contribution < -0.4 is 11.1 Å². The largest absolute Gasteiger partial charge is 0.379 e. The van der Waals surface area contributed by atoms with E-state index in [9.17, 15) is 9.59 Å². The predicted molar refractivity (Wildman–Crippen MR) is 75.5 cm³/mol. The molecule has 6 nitrogen and oxygen atoms in total. The van der Waals surface area contributed by atoms with Gasteiger partial charge >= 0.3 is 0 Å². The number of ether oxygens (including phenoxy) is 1. The molecule has 0 aliphatic carbocycles. The monoisotopic (exact) mass is 277 g/mol. The highest BCUT2D eigenvalue weighted by molar-refractivity contribution is 5.94. The van der Waals surface area contributed by atoms with Gasteiger partial charge in [-0.15, -0.1) is 0 Å². The molecule has 1 heterocycles. The first-order valence-corrected chi connectivity index (χ1v) is 6.65. The van der Waals surface area contributed by atoms with E-state index in [1.165, 1.54) is 0 Å². The average Bonchev–Trinajstić information content (AvgIpc) is 2.47. The maximum atomic E-state index is 11.8. The van der Waals surface area contributed by atoms with E-state index in [4.69, 9.17) is 10.5 Å². The van der Waals surface area contributed by atoms with E-state index in [0.717, 1.165) is 32.8 Å². The SMILES string of the molecule is NC(=O)c1ccc(NC(=O)CCN2CCOCC2)cc1. The van der Waals surface area contributed by atoms with Crippen LogP contribution in [0.15, 0.2) is 24.3 Å². The molecule has 20 heavy (non-hydrogen) atoms. The summed E-state index contributed by atoms with van der Waals surface area (Å²) in [6.45, 7) is 3.95. The van der Waals surface area contributed by atoms with E-state index >= 15 is 0 Å². The molecule has 0 saturated carbocycles. The van der Waals surface area contributed by atoms with E-state index in [-0.39, 0.29) is 5.91 Å². The Kier molecular flexibility index (Phi) is 5.09. The van der Waals surface area contributed by atoms with Crippen LogP contribution in [0.25, 0.3) is 0 Å². The molecule has 1 aliphatic heterocycles. The van der Waals surface area contributed by atoms with E-state index in [1.807, 2.05) is 0 Å². The van der Waals surface area contributed by atoms with Crippen molar-refractivity contribution in [3.63, 3.8) is 0 Å². The van der Waals surface area contributed by atoms with Gasteiger partial charge in [0.1, 0.15) is 0 Å². The maximum Gasteiger partial charge on any atom is 0.248 e. The lowest BCUT2D eigenvalue weighted by atomic mass is 10.2. The number of nitrogens with two attached hydrogens (primary N) is 1. The van der Waals surface area contributed by atoms with E-state index < -0.39 is 5.91 Å². The molecule has 0 radical (unpaired) electrons. The van der Waals surface area contributed by atoms with Crippen molar-refractivity contribution in [2.24, 2.45) is 5.73 Å². The zero-order valence-electron chi connectivity index (χ0n) is 11.3. The number of primary amides is 1. The number of benzene rings is 1. The molecular formula is C14H19N3O3. The highest BCUT2D eigenvalue weighted by Gasteiger charge is 2.12. The van der Waals surface area contributed by atoms with Crippen LogP contribution in [-0.2, 0) is 9.53 Å². The van der Waals surface area contributed by atoms with Crippen molar-refractivity contribution in [3.8, 4) is 0 Å². The fourth-order valence-corrected chi connectivity index (χ4v) is 2.03. The van der Waals surface area contributed by atoms with Crippen molar-refractivity contribution in [1.29, 1.82) is 0 Å². The number of carbonyl (C=O) groups is 2. The van der Waals surface area contributed by atoms with Crippen LogP contribution in [-0.4, -0.2) is 49.6 Å². The Bertz CT molecular complexity index is 467. The number of morpholine rings is 1. The van der Waals surface area contributed by atoms with Crippen LogP contribution >= 0.6 is 0 Å². The number of nitrogens with zero attached hydrogens (tertiary/aromatic N) is 1. The van der Waals surface area contributed by atoms with Gasteiger partial charge in [0.05, 0.1) is 13.2 Å². The third-order valence-corrected chi connectivity index (χ3v) is 3.21. The molecule has 1 aromatic carbocycles. The summed E-state index contributed by atoms with van der Waals surface area (Å²) in [5, 5.41) is 2.80. The standard InChI is InChI=1S/C14H19N3O3/c15-14(19)11-1-3-12(4-2-11)16-13(18)5-6-17-7-9-20-10-8-17/h1-4H,5-10H2,(H2,15,19)(H,16,18). The van der Waals surface area contributed by atoms with E-state index in [2.05, 4.69) is 10.2 Å². The number of nitrogens with one attached hydrogen (secondary N) is 1. The predicted octanol–water partition coefficient (Wildman–Crippen LogP) is 0.446. The van der Waals surface area contributed by atoms with Gasteiger partial charge in [-0.2, -0.15) is 0 Å². The van der Waals surface area contributed by atoms with Gasteiger partial charge in [0.15, 0.2) is 0 Å². The first-order chi connectivity index (χ1) is 9.65. The summed E-state index contributed by atoms with van der Waals surface area (Å²) in [5.41, 5.74) is 6.25. The minimum Gasteiger partial charge on any atom is -0.379 e. The number of hydrogen-bond acceptors (Lipinski definition) is 4. The van der Waals surface area contributed by atoms with Gasteiger partial charge in [-0.3, -0.25) is 14.5 Å². The van der Waals surface area contributed by atoms with Crippen molar-refractivity contribution in [1.82, 2.24) is 4.90 Å². The minimum atomic E-state index is -0.477. The minimum absolute atomic E-state index is 0.0386. The molecular weight excluding hydrogens is 258 g/mol. The first kappa shape index (κ1) is 14.5. The maximum absolute atomic E-state index is 11.8. The molecule has 1 aliphatic rings. The molecule has 1 fully saturated rings. The Morgan fingerprint density at radius 2 is 1.85 bits per heavy atom. The van der Waals surface area contributed by atoms with Crippen LogP contribution in [0.4, 0.5) is 5.69 Å². The summed E-state index contributed by atoms with van der Waals surface area (Å²) >= 11 is 0. The van der Waals surface area contributed by atoms with Crippen LogP contribution in [0.1, 0.15) is 16.8 Å². The van der Waals surface area contributed by atoms with Gasteiger partial charge in [0.25, 0.3) is 0 Å². The molecule has 0 bridgehead atoms. The van der Waals surface area contributed by atoms with Gasteiger partial charge in [-0.1, -0.05) is 0 Å². The van der Waals surface area contributed by atoms with Crippen molar-refractivity contribution < 1.29 is 14.3 Å². The summed E-state index contributed by atoms with van der Waals surface area (Å²) in [6, 6.07) is 6.54. The number of amides is 2. The molecule has 1 saturated heterocycles. The highest BCUT2D eigenvalue weighted by Crippen LogP contribution is 2.09. The normalized spacial score (nSPS) is 15.8. The second kappa shape index (κ2) is 7.02. The molecule has 2 amide bonds. The molecule has 0 aromatic heterocycles. The number of hydrogen-bond donors (Lipinski definition) is 2. The van der Waals surface area contributed by atoms with Crippen LogP contribution in [0, 0.1) is 0 Å². The zero-order chi connectivity index (χ0) is 14.4. The van der Waals surface area contributed by atoms with Crippen molar-refractivity contribution in [3.05, 3.63) is 29.8 Å². The third-order valence-electron chi connectivity index (χ3n) is 3.21. The zero-order valence-corrected chi connectivity index (χ0v) is 11.3. The summed E-state index contributed by atoms with van der Waals surface area (Å²) in [4.78, 5) is 25.0. The van der Waals surface area contributed by atoms with Gasteiger partial charge < -0.3 is 15.8 Å². The van der Waals surface area contributed by atoms with Crippen molar-refractivity contribution in [2.45, 2.75) is 6.42 Å². The van der Waals surface area contributed by atoms with Crippen LogP contribution in [0.5, 0.6) is 0 Å². The smallest absolute Gasteiger partial charge is 0.248 e. The quantitative estimate of drug-likeness (QED) is 0.818. The summed E-state index contributed by atoms with van der Waals surface area (Å²) in [6.07, 6.45) is 0.442. The number of anilines is 1. The van der Waals surface area contributed by atoms with Crippen LogP contribution in [0.3, 0.4) is 0 Å².